The van der Waals surface area contributed by atoms with Crippen LogP contribution < -0.4 is 14.6 Å². The highest BCUT2D eigenvalue weighted by molar-refractivity contribution is 5.69. The number of carboxylic acids is 1. The van der Waals surface area contributed by atoms with Crippen molar-refractivity contribution in [3.05, 3.63) is 24.3 Å². The van der Waals surface area contributed by atoms with E-state index in [1.807, 2.05) is 0 Å². The molecule has 1 aromatic carbocycles. The normalized spacial score (nSPS) is 11.9. The summed E-state index contributed by atoms with van der Waals surface area (Å²) < 4.78 is 10.00. The lowest BCUT2D eigenvalue weighted by molar-refractivity contribution is -0.312. The van der Waals surface area contributed by atoms with Gasteiger partial charge in [0.2, 0.25) is 0 Å². The zero-order chi connectivity index (χ0) is 10.6. The molecule has 0 fully saturated rings. The smallest absolute Gasteiger partial charge is 0.135 e. The second-order valence-electron chi connectivity index (χ2n) is 2.75. The summed E-state index contributed by atoms with van der Waals surface area (Å²) in [4.78, 5) is 10.4. The van der Waals surface area contributed by atoms with Gasteiger partial charge in [-0.1, -0.05) is 0 Å². The van der Waals surface area contributed by atoms with Gasteiger partial charge in [0, 0.05) is 0 Å². The van der Waals surface area contributed by atoms with E-state index in [1.165, 1.54) is 6.92 Å². The average Bonchev–Trinajstić information content (AvgIpc) is 2.19. The van der Waals surface area contributed by atoms with E-state index in [0.717, 1.165) is 0 Å². The number of carbonyl (C=O) groups excluding carboxylic acids is 1. The Kier molecular flexibility index (Phi) is 3.34. The Morgan fingerprint density at radius 3 is 2.21 bits per heavy atom. The quantitative estimate of drug-likeness (QED) is 0.689. The molecule has 4 heteroatoms. The van der Waals surface area contributed by atoms with Crippen molar-refractivity contribution >= 4 is 5.97 Å². The molecule has 14 heavy (non-hydrogen) atoms. The van der Waals surface area contributed by atoms with Crippen LogP contribution in [0.5, 0.6) is 11.5 Å². The lowest BCUT2D eigenvalue weighted by atomic mass is 10.3. The average molecular weight is 195 g/mol. The zero-order valence-electron chi connectivity index (χ0n) is 8.02. The number of hydrogen-bond acceptors (Lipinski definition) is 4. The van der Waals surface area contributed by atoms with Crippen LogP contribution in [0.4, 0.5) is 0 Å². The Balaban J connectivity index is 2.64. The van der Waals surface area contributed by atoms with Crippen LogP contribution in [0.1, 0.15) is 6.92 Å². The Hall–Kier alpha value is -1.71. The van der Waals surface area contributed by atoms with Crippen molar-refractivity contribution < 1.29 is 19.4 Å². The predicted molar refractivity (Wildman–Crippen MR) is 48.1 cm³/mol. The molecule has 0 aromatic heterocycles. The van der Waals surface area contributed by atoms with Crippen molar-refractivity contribution in [2.75, 3.05) is 7.11 Å². The molecule has 0 aliphatic carbocycles. The first-order chi connectivity index (χ1) is 6.63. The molecule has 0 radical (unpaired) electrons. The summed E-state index contributed by atoms with van der Waals surface area (Å²) in [6.45, 7) is 1.42. The monoisotopic (exact) mass is 195 g/mol. The molecule has 4 nitrogen and oxygen atoms in total. The Morgan fingerprint density at radius 1 is 1.29 bits per heavy atom. The molecule has 0 aliphatic rings. The van der Waals surface area contributed by atoms with Crippen LogP contribution in [0.3, 0.4) is 0 Å². The van der Waals surface area contributed by atoms with E-state index in [9.17, 15) is 9.90 Å². The highest BCUT2D eigenvalue weighted by atomic mass is 16.5. The SMILES string of the molecule is COc1ccc(OC(C)C(=O)[O-])cc1. The van der Waals surface area contributed by atoms with Crippen LogP contribution in [0.25, 0.3) is 0 Å². The minimum absolute atomic E-state index is 0.475. The number of carbonyl (C=O) groups is 1. The van der Waals surface area contributed by atoms with Crippen molar-refractivity contribution in [1.29, 1.82) is 0 Å². The van der Waals surface area contributed by atoms with Gasteiger partial charge in [-0.2, -0.15) is 0 Å². The van der Waals surface area contributed by atoms with Gasteiger partial charge in [0.25, 0.3) is 0 Å². The summed E-state index contributed by atoms with van der Waals surface area (Å²) in [6, 6.07) is 6.66. The first kappa shape index (κ1) is 10.4. The van der Waals surface area contributed by atoms with E-state index in [2.05, 4.69) is 0 Å². The molecule has 0 aliphatic heterocycles. The molecule has 0 N–H and O–H groups in total. The van der Waals surface area contributed by atoms with E-state index < -0.39 is 12.1 Å². The number of rotatable bonds is 4. The molecule has 1 aromatic rings. The lowest BCUT2D eigenvalue weighted by Crippen LogP contribution is -2.37. The predicted octanol–water partition coefficient (Wildman–Crippen LogP) is 0.212. The van der Waals surface area contributed by atoms with Gasteiger partial charge in [0.1, 0.15) is 17.6 Å². The van der Waals surface area contributed by atoms with E-state index in [4.69, 9.17) is 9.47 Å². The Labute approximate surface area is 82.1 Å². The Morgan fingerprint density at radius 2 is 1.79 bits per heavy atom. The third kappa shape index (κ3) is 2.65. The topological polar surface area (TPSA) is 58.6 Å². The largest absolute Gasteiger partial charge is 0.546 e. The number of hydrogen-bond donors (Lipinski definition) is 0. The molecule has 1 unspecified atom stereocenters. The van der Waals surface area contributed by atoms with Gasteiger partial charge >= 0.3 is 0 Å². The minimum Gasteiger partial charge on any atom is -0.546 e. The molecule has 0 bridgehead atoms. The summed E-state index contributed by atoms with van der Waals surface area (Å²) >= 11 is 0. The maximum absolute atomic E-state index is 10.4. The van der Waals surface area contributed by atoms with Gasteiger partial charge in [-0.25, -0.2) is 0 Å². The van der Waals surface area contributed by atoms with E-state index in [0.29, 0.717) is 11.5 Å². The zero-order valence-corrected chi connectivity index (χ0v) is 8.02. The molecule has 1 atom stereocenters. The van der Waals surface area contributed by atoms with Crippen LogP contribution in [-0.2, 0) is 4.79 Å². The molecule has 0 saturated heterocycles. The summed E-state index contributed by atoms with van der Waals surface area (Å²) in [5.41, 5.74) is 0. The fourth-order valence-electron chi connectivity index (χ4n) is 0.907. The molecule has 0 spiro atoms. The van der Waals surface area contributed by atoms with E-state index in [-0.39, 0.29) is 0 Å². The number of aliphatic carboxylic acids is 1. The maximum Gasteiger partial charge on any atom is 0.135 e. The molecule has 0 amide bonds. The molecule has 1 rings (SSSR count). The first-order valence-electron chi connectivity index (χ1n) is 4.15. The highest BCUT2D eigenvalue weighted by Gasteiger charge is 2.03. The minimum atomic E-state index is -1.24. The van der Waals surface area contributed by atoms with Crippen LogP contribution in [0.15, 0.2) is 24.3 Å². The van der Waals surface area contributed by atoms with Crippen LogP contribution in [0, 0.1) is 0 Å². The summed E-state index contributed by atoms with van der Waals surface area (Å²) in [5, 5.41) is 10.4. The summed E-state index contributed by atoms with van der Waals surface area (Å²) in [6.07, 6.45) is -0.955. The third-order valence-electron chi connectivity index (χ3n) is 1.70. The van der Waals surface area contributed by atoms with E-state index in [1.54, 1.807) is 31.4 Å². The Bertz CT molecular complexity index is 304. The molecule has 0 heterocycles. The highest BCUT2D eigenvalue weighted by Crippen LogP contribution is 2.17. The van der Waals surface area contributed by atoms with Gasteiger partial charge in [0.05, 0.1) is 13.1 Å². The van der Waals surface area contributed by atoms with Crippen molar-refractivity contribution in [3.8, 4) is 11.5 Å². The number of benzene rings is 1. The summed E-state index contributed by atoms with van der Waals surface area (Å²) in [7, 11) is 1.56. The molecular weight excluding hydrogens is 184 g/mol. The van der Waals surface area contributed by atoms with Crippen molar-refractivity contribution in [2.24, 2.45) is 0 Å². The molecule has 76 valence electrons. The van der Waals surface area contributed by atoms with Crippen molar-refractivity contribution in [1.82, 2.24) is 0 Å². The van der Waals surface area contributed by atoms with Crippen LogP contribution in [-0.4, -0.2) is 19.2 Å². The van der Waals surface area contributed by atoms with Crippen molar-refractivity contribution in [3.63, 3.8) is 0 Å². The lowest BCUT2D eigenvalue weighted by Gasteiger charge is -2.15. The number of ether oxygens (including phenoxy) is 2. The van der Waals surface area contributed by atoms with E-state index >= 15 is 0 Å². The fraction of sp³-hybridized carbons (Fsp3) is 0.300. The van der Waals surface area contributed by atoms with Crippen LogP contribution >= 0.6 is 0 Å². The van der Waals surface area contributed by atoms with Crippen LogP contribution in [0.2, 0.25) is 0 Å². The standard InChI is InChI=1S/C10H12O4/c1-7(10(11)12)14-9-5-3-8(13-2)4-6-9/h3-7H,1-2H3,(H,11,12)/p-1. The fourth-order valence-corrected chi connectivity index (χ4v) is 0.907. The number of methoxy groups -OCH3 is 1. The van der Waals surface area contributed by atoms with Gasteiger partial charge in [-0.05, 0) is 31.2 Å². The van der Waals surface area contributed by atoms with Gasteiger partial charge < -0.3 is 19.4 Å². The third-order valence-corrected chi connectivity index (χ3v) is 1.70. The van der Waals surface area contributed by atoms with Gasteiger partial charge in [-0.15, -0.1) is 0 Å². The van der Waals surface area contributed by atoms with Gasteiger partial charge in [0.15, 0.2) is 0 Å². The second-order valence-corrected chi connectivity index (χ2v) is 2.75. The van der Waals surface area contributed by atoms with Crippen molar-refractivity contribution in [2.45, 2.75) is 13.0 Å². The second kappa shape index (κ2) is 4.50. The maximum atomic E-state index is 10.4. The summed E-state index contributed by atoms with van der Waals surface area (Å²) in [5.74, 6) is -0.0678. The first-order valence-corrected chi connectivity index (χ1v) is 4.15. The van der Waals surface area contributed by atoms with Gasteiger partial charge in [-0.3, -0.25) is 0 Å². The molecule has 0 saturated carbocycles. The molecular formula is C10H11O4-. The number of carboxylic acid groups (broad SMARTS) is 1.